The number of aromatic nitrogens is 4. The zero-order valence-electron chi connectivity index (χ0n) is 13.0. The van der Waals surface area contributed by atoms with Crippen LogP contribution >= 0.6 is 0 Å². The lowest BCUT2D eigenvalue weighted by molar-refractivity contribution is -0.118. The molecule has 1 N–H and O–H groups in total. The first-order valence-electron chi connectivity index (χ1n) is 7.61. The number of cyclic esters (lactones) is 1. The molecule has 0 radical (unpaired) electrons. The van der Waals surface area contributed by atoms with Crippen LogP contribution in [0.25, 0.3) is 0 Å². The number of hydrogen-bond donors (Lipinski definition) is 1. The highest BCUT2D eigenvalue weighted by atomic mass is 16.5. The first-order chi connectivity index (χ1) is 12.2. The van der Waals surface area contributed by atoms with Gasteiger partial charge in [0, 0.05) is 11.3 Å². The lowest BCUT2D eigenvalue weighted by Gasteiger charge is -2.17. The van der Waals surface area contributed by atoms with E-state index in [1.165, 1.54) is 11.0 Å². The number of ether oxygens (including phenoxy) is 1. The lowest BCUT2D eigenvalue weighted by atomic mass is 10.1. The predicted molar refractivity (Wildman–Crippen MR) is 86.6 cm³/mol. The number of tetrazole rings is 1. The average Bonchev–Trinajstić information content (AvgIpc) is 3.27. The van der Waals surface area contributed by atoms with E-state index in [1.54, 1.807) is 18.2 Å². The van der Waals surface area contributed by atoms with Gasteiger partial charge in [-0.2, -0.15) is 0 Å². The van der Waals surface area contributed by atoms with Gasteiger partial charge in [0.15, 0.2) is 6.04 Å². The summed E-state index contributed by atoms with van der Waals surface area (Å²) in [5.74, 6) is -0.632. The molecule has 1 amide bonds. The summed E-state index contributed by atoms with van der Waals surface area (Å²) in [5, 5.41) is 13.9. The van der Waals surface area contributed by atoms with Crippen LogP contribution in [0.4, 0.5) is 5.69 Å². The maximum Gasteiger partial charge on any atom is 0.338 e. The number of carbonyl (C=O) groups is 2. The topological polar surface area (TPSA) is 99.0 Å². The third kappa shape index (κ3) is 2.85. The summed E-state index contributed by atoms with van der Waals surface area (Å²) >= 11 is 0. The summed E-state index contributed by atoms with van der Waals surface area (Å²) in [6.07, 6.45) is 1.40. The van der Waals surface area contributed by atoms with Crippen LogP contribution in [0.2, 0.25) is 0 Å². The van der Waals surface area contributed by atoms with Gasteiger partial charge in [0.05, 0.1) is 5.56 Å². The minimum absolute atomic E-state index is 0.215. The predicted octanol–water partition coefficient (Wildman–Crippen LogP) is 1.57. The molecule has 3 aromatic rings. The second-order valence-electron chi connectivity index (χ2n) is 5.54. The Kier molecular flexibility index (Phi) is 3.70. The number of hydrogen-bond acceptors (Lipinski definition) is 6. The number of nitrogens with zero attached hydrogens (tertiary/aromatic N) is 4. The standard InChI is InChI=1S/C17H13N5O3/c23-16(19-13-6-7-14-12(8-13)9-25-17(14)24)15(22-10-18-20-21-22)11-4-2-1-3-5-11/h1-8,10,15H,9H2,(H,19,23). The van der Waals surface area contributed by atoms with Gasteiger partial charge in [-0.25, -0.2) is 9.48 Å². The van der Waals surface area contributed by atoms with Crippen molar-refractivity contribution in [3.63, 3.8) is 0 Å². The molecule has 1 aliphatic rings. The summed E-state index contributed by atoms with van der Waals surface area (Å²) in [7, 11) is 0. The van der Waals surface area contributed by atoms with Gasteiger partial charge >= 0.3 is 5.97 Å². The highest BCUT2D eigenvalue weighted by Gasteiger charge is 2.25. The minimum atomic E-state index is -0.706. The van der Waals surface area contributed by atoms with Crippen LogP contribution in [0, 0.1) is 0 Å². The van der Waals surface area contributed by atoms with Crippen LogP contribution in [0.15, 0.2) is 54.9 Å². The van der Waals surface area contributed by atoms with Crippen LogP contribution < -0.4 is 5.32 Å². The van der Waals surface area contributed by atoms with Crippen LogP contribution in [0.5, 0.6) is 0 Å². The number of rotatable bonds is 4. The molecular formula is C17H13N5O3. The highest BCUT2D eigenvalue weighted by molar-refractivity contribution is 5.98. The summed E-state index contributed by atoms with van der Waals surface area (Å²) in [6.45, 7) is 0.215. The molecule has 25 heavy (non-hydrogen) atoms. The van der Waals surface area contributed by atoms with E-state index in [-0.39, 0.29) is 18.5 Å². The molecule has 0 spiro atoms. The fraction of sp³-hybridized carbons (Fsp3) is 0.118. The van der Waals surface area contributed by atoms with Crippen molar-refractivity contribution in [3.8, 4) is 0 Å². The van der Waals surface area contributed by atoms with Crippen molar-refractivity contribution in [2.75, 3.05) is 5.32 Å². The molecular weight excluding hydrogens is 322 g/mol. The Labute approximate surface area is 142 Å². The summed E-state index contributed by atoms with van der Waals surface area (Å²) in [5.41, 5.74) is 2.61. The fourth-order valence-corrected chi connectivity index (χ4v) is 2.77. The smallest absolute Gasteiger partial charge is 0.338 e. The van der Waals surface area contributed by atoms with Gasteiger partial charge in [-0.05, 0) is 34.2 Å². The maximum atomic E-state index is 12.9. The Bertz CT molecular complexity index is 925. The van der Waals surface area contributed by atoms with E-state index in [2.05, 4.69) is 20.8 Å². The molecule has 4 rings (SSSR count). The summed E-state index contributed by atoms with van der Waals surface area (Å²) in [6, 6.07) is 13.6. The van der Waals surface area contributed by atoms with E-state index in [1.807, 2.05) is 30.3 Å². The van der Waals surface area contributed by atoms with Gasteiger partial charge in [-0.3, -0.25) is 4.79 Å². The molecule has 1 atom stereocenters. The number of esters is 1. The largest absolute Gasteiger partial charge is 0.457 e. The van der Waals surface area contributed by atoms with Gasteiger partial charge in [0.2, 0.25) is 0 Å². The van der Waals surface area contributed by atoms with Crippen molar-refractivity contribution in [2.45, 2.75) is 12.6 Å². The second kappa shape index (κ2) is 6.16. The minimum Gasteiger partial charge on any atom is -0.457 e. The van der Waals surface area contributed by atoms with Crippen molar-refractivity contribution >= 4 is 17.6 Å². The molecule has 0 aliphatic carbocycles. The third-order valence-electron chi connectivity index (χ3n) is 3.94. The molecule has 2 heterocycles. The molecule has 1 aliphatic heterocycles. The Morgan fingerprint density at radius 3 is 2.80 bits per heavy atom. The third-order valence-corrected chi connectivity index (χ3v) is 3.94. The molecule has 0 fully saturated rings. The Morgan fingerprint density at radius 2 is 2.04 bits per heavy atom. The number of amides is 1. The maximum absolute atomic E-state index is 12.9. The molecule has 0 bridgehead atoms. The molecule has 2 aromatic carbocycles. The molecule has 124 valence electrons. The summed E-state index contributed by atoms with van der Waals surface area (Å²) < 4.78 is 6.37. The van der Waals surface area contributed by atoms with E-state index < -0.39 is 6.04 Å². The van der Waals surface area contributed by atoms with Crippen molar-refractivity contribution in [1.29, 1.82) is 0 Å². The number of nitrogens with one attached hydrogen (secondary N) is 1. The highest BCUT2D eigenvalue weighted by Crippen LogP contribution is 2.25. The van der Waals surface area contributed by atoms with Crippen molar-refractivity contribution < 1.29 is 14.3 Å². The van der Waals surface area contributed by atoms with E-state index in [4.69, 9.17) is 4.74 Å². The van der Waals surface area contributed by atoms with Crippen LogP contribution in [-0.4, -0.2) is 32.1 Å². The number of fused-ring (bicyclic) bond motifs is 1. The number of benzene rings is 2. The van der Waals surface area contributed by atoms with Gasteiger partial charge in [0.25, 0.3) is 5.91 Å². The van der Waals surface area contributed by atoms with E-state index in [9.17, 15) is 9.59 Å². The van der Waals surface area contributed by atoms with E-state index >= 15 is 0 Å². The van der Waals surface area contributed by atoms with Gasteiger partial charge < -0.3 is 10.1 Å². The van der Waals surface area contributed by atoms with Gasteiger partial charge in [-0.15, -0.1) is 5.10 Å². The quantitative estimate of drug-likeness (QED) is 0.727. The monoisotopic (exact) mass is 335 g/mol. The Hall–Kier alpha value is -3.55. The Balaban J connectivity index is 1.63. The van der Waals surface area contributed by atoms with Crippen LogP contribution in [0.3, 0.4) is 0 Å². The molecule has 8 nitrogen and oxygen atoms in total. The van der Waals surface area contributed by atoms with Gasteiger partial charge in [0.1, 0.15) is 12.9 Å². The van der Waals surface area contributed by atoms with E-state index in [0.717, 1.165) is 11.1 Å². The molecule has 1 aromatic heterocycles. The first-order valence-corrected chi connectivity index (χ1v) is 7.61. The lowest BCUT2D eigenvalue weighted by Crippen LogP contribution is -2.27. The van der Waals surface area contributed by atoms with Crippen molar-refractivity contribution in [1.82, 2.24) is 20.2 Å². The molecule has 0 saturated heterocycles. The van der Waals surface area contributed by atoms with Crippen LogP contribution in [-0.2, 0) is 16.1 Å². The van der Waals surface area contributed by atoms with E-state index in [0.29, 0.717) is 11.3 Å². The number of carbonyl (C=O) groups excluding carboxylic acids is 2. The van der Waals surface area contributed by atoms with Crippen molar-refractivity contribution in [2.24, 2.45) is 0 Å². The van der Waals surface area contributed by atoms with Gasteiger partial charge in [-0.1, -0.05) is 30.3 Å². The SMILES string of the molecule is O=C1OCc2cc(NC(=O)C(c3ccccc3)n3cnnn3)ccc21. The summed E-state index contributed by atoms with van der Waals surface area (Å²) in [4.78, 5) is 24.4. The van der Waals surface area contributed by atoms with Crippen LogP contribution in [0.1, 0.15) is 27.5 Å². The second-order valence-corrected chi connectivity index (χ2v) is 5.54. The Morgan fingerprint density at radius 1 is 1.20 bits per heavy atom. The average molecular weight is 335 g/mol. The zero-order chi connectivity index (χ0) is 17.2. The molecule has 8 heteroatoms. The zero-order valence-corrected chi connectivity index (χ0v) is 13.0. The first kappa shape index (κ1) is 15.0. The molecule has 0 saturated carbocycles. The number of anilines is 1. The van der Waals surface area contributed by atoms with Crippen molar-refractivity contribution in [3.05, 3.63) is 71.5 Å². The normalized spacial score (nSPS) is 13.8. The molecule has 1 unspecified atom stereocenters. The fourth-order valence-electron chi connectivity index (χ4n) is 2.77.